The van der Waals surface area contributed by atoms with Crippen molar-refractivity contribution in [3.05, 3.63) is 26.6 Å². The van der Waals surface area contributed by atoms with E-state index < -0.39 is 0 Å². The lowest BCUT2D eigenvalue weighted by Crippen LogP contribution is -2.27. The standard InChI is InChI=1S/C14H19N3O2S/c1-8-9(2)20-14-12(8)13(18)16-11(17-14)7-19-6-10-4-3-5-15-10/h10,15H,3-7H2,1-2H3,(H,16,17,18). The van der Waals surface area contributed by atoms with Gasteiger partial charge in [-0.2, -0.15) is 0 Å². The molecule has 5 nitrogen and oxygen atoms in total. The second kappa shape index (κ2) is 5.63. The first-order valence-corrected chi connectivity index (χ1v) is 7.77. The van der Waals surface area contributed by atoms with Gasteiger partial charge in [0.1, 0.15) is 17.3 Å². The van der Waals surface area contributed by atoms with Crippen LogP contribution in [0, 0.1) is 13.8 Å². The Labute approximate surface area is 121 Å². The van der Waals surface area contributed by atoms with Crippen molar-refractivity contribution in [3.63, 3.8) is 0 Å². The smallest absolute Gasteiger partial charge is 0.259 e. The minimum Gasteiger partial charge on any atom is -0.372 e. The Bertz CT molecular complexity index is 671. The van der Waals surface area contributed by atoms with Crippen LogP contribution in [0.15, 0.2) is 4.79 Å². The van der Waals surface area contributed by atoms with Crippen LogP contribution in [0.2, 0.25) is 0 Å². The SMILES string of the molecule is Cc1sc2nc(COCC3CCCN3)[nH]c(=O)c2c1C. The first kappa shape index (κ1) is 13.7. The van der Waals surface area contributed by atoms with Gasteiger partial charge in [-0.05, 0) is 38.8 Å². The predicted molar refractivity (Wildman–Crippen MR) is 80.4 cm³/mol. The number of fused-ring (bicyclic) bond motifs is 1. The molecule has 6 heteroatoms. The Morgan fingerprint density at radius 1 is 1.45 bits per heavy atom. The summed E-state index contributed by atoms with van der Waals surface area (Å²) < 4.78 is 5.65. The lowest BCUT2D eigenvalue weighted by atomic mass is 10.2. The molecule has 1 fully saturated rings. The van der Waals surface area contributed by atoms with Gasteiger partial charge in [0.15, 0.2) is 0 Å². The van der Waals surface area contributed by atoms with Gasteiger partial charge in [-0.25, -0.2) is 4.98 Å². The van der Waals surface area contributed by atoms with Gasteiger partial charge in [-0.1, -0.05) is 0 Å². The molecule has 2 aromatic rings. The third-order valence-corrected chi connectivity index (χ3v) is 4.91. The number of ether oxygens (including phenoxy) is 1. The van der Waals surface area contributed by atoms with Crippen LogP contribution in [-0.2, 0) is 11.3 Å². The third kappa shape index (κ3) is 2.63. The van der Waals surface area contributed by atoms with Crippen molar-refractivity contribution in [1.29, 1.82) is 0 Å². The fourth-order valence-corrected chi connectivity index (χ4v) is 3.61. The number of aromatic nitrogens is 2. The molecular weight excluding hydrogens is 274 g/mol. The van der Waals surface area contributed by atoms with Crippen LogP contribution in [0.5, 0.6) is 0 Å². The molecule has 0 aliphatic carbocycles. The molecule has 3 heterocycles. The highest BCUT2D eigenvalue weighted by atomic mass is 32.1. The Morgan fingerprint density at radius 2 is 2.30 bits per heavy atom. The second-order valence-electron chi connectivity index (χ2n) is 5.28. The van der Waals surface area contributed by atoms with Crippen LogP contribution in [0.4, 0.5) is 0 Å². The lowest BCUT2D eigenvalue weighted by Gasteiger charge is -2.10. The molecule has 2 aromatic heterocycles. The maximum absolute atomic E-state index is 12.1. The van der Waals surface area contributed by atoms with Crippen molar-refractivity contribution in [3.8, 4) is 0 Å². The van der Waals surface area contributed by atoms with E-state index >= 15 is 0 Å². The van der Waals surface area contributed by atoms with Gasteiger partial charge in [0, 0.05) is 10.9 Å². The molecule has 0 bridgehead atoms. The van der Waals surface area contributed by atoms with Crippen LogP contribution in [0.25, 0.3) is 10.2 Å². The first-order valence-electron chi connectivity index (χ1n) is 6.95. The normalized spacial score (nSPS) is 19.0. The highest BCUT2D eigenvalue weighted by molar-refractivity contribution is 7.18. The van der Waals surface area contributed by atoms with E-state index in [4.69, 9.17) is 4.74 Å². The zero-order valence-electron chi connectivity index (χ0n) is 11.8. The number of H-pyrrole nitrogens is 1. The van der Waals surface area contributed by atoms with Gasteiger partial charge < -0.3 is 15.0 Å². The van der Waals surface area contributed by atoms with Crippen molar-refractivity contribution in [1.82, 2.24) is 15.3 Å². The largest absolute Gasteiger partial charge is 0.372 e. The summed E-state index contributed by atoms with van der Waals surface area (Å²) in [5.41, 5.74) is 0.968. The Morgan fingerprint density at radius 3 is 3.05 bits per heavy atom. The van der Waals surface area contributed by atoms with E-state index in [0.29, 0.717) is 30.5 Å². The number of nitrogens with zero attached hydrogens (tertiary/aromatic N) is 1. The van der Waals surface area contributed by atoms with E-state index in [0.717, 1.165) is 28.2 Å². The zero-order chi connectivity index (χ0) is 14.1. The van der Waals surface area contributed by atoms with Crippen molar-refractivity contribution >= 4 is 21.6 Å². The van der Waals surface area contributed by atoms with E-state index in [9.17, 15) is 4.79 Å². The van der Waals surface area contributed by atoms with Gasteiger partial charge in [0.2, 0.25) is 0 Å². The minimum atomic E-state index is -0.0607. The van der Waals surface area contributed by atoms with Crippen LogP contribution in [-0.4, -0.2) is 29.2 Å². The fraction of sp³-hybridized carbons (Fsp3) is 0.571. The maximum Gasteiger partial charge on any atom is 0.259 e. The van der Waals surface area contributed by atoms with Gasteiger partial charge >= 0.3 is 0 Å². The summed E-state index contributed by atoms with van der Waals surface area (Å²) in [4.78, 5) is 21.4. The molecule has 1 atom stereocenters. The topological polar surface area (TPSA) is 67.0 Å². The van der Waals surface area contributed by atoms with Crippen LogP contribution in [0.1, 0.15) is 29.1 Å². The van der Waals surface area contributed by atoms with Crippen molar-refractivity contribution in [2.24, 2.45) is 0 Å². The molecule has 0 amide bonds. The fourth-order valence-electron chi connectivity index (χ4n) is 2.56. The Balaban J connectivity index is 1.73. The summed E-state index contributed by atoms with van der Waals surface area (Å²) in [6, 6.07) is 0.441. The minimum absolute atomic E-state index is 0.0607. The van der Waals surface area contributed by atoms with Gasteiger partial charge in [0.25, 0.3) is 5.56 Å². The van der Waals surface area contributed by atoms with Crippen LogP contribution >= 0.6 is 11.3 Å². The average Bonchev–Trinajstić information content (AvgIpc) is 2.99. The molecule has 1 saturated heterocycles. The van der Waals surface area contributed by atoms with E-state index in [1.54, 1.807) is 11.3 Å². The van der Waals surface area contributed by atoms with Crippen molar-refractivity contribution < 1.29 is 4.74 Å². The van der Waals surface area contributed by atoms with Crippen molar-refractivity contribution in [2.45, 2.75) is 39.3 Å². The van der Waals surface area contributed by atoms with Gasteiger partial charge in [-0.15, -0.1) is 11.3 Å². The second-order valence-corrected chi connectivity index (χ2v) is 6.49. The summed E-state index contributed by atoms with van der Waals surface area (Å²) >= 11 is 1.57. The maximum atomic E-state index is 12.1. The summed E-state index contributed by atoms with van der Waals surface area (Å²) in [5, 5.41) is 4.10. The average molecular weight is 293 g/mol. The molecule has 0 saturated carbocycles. The van der Waals surface area contributed by atoms with E-state index in [1.165, 1.54) is 6.42 Å². The summed E-state index contributed by atoms with van der Waals surface area (Å²) in [6.45, 7) is 6.09. The molecule has 2 N–H and O–H groups in total. The summed E-state index contributed by atoms with van der Waals surface area (Å²) in [5.74, 6) is 0.613. The Kier molecular flexibility index (Phi) is 3.87. The van der Waals surface area contributed by atoms with E-state index in [2.05, 4.69) is 15.3 Å². The molecule has 1 unspecified atom stereocenters. The molecule has 1 aliphatic heterocycles. The quantitative estimate of drug-likeness (QED) is 0.903. The zero-order valence-corrected chi connectivity index (χ0v) is 12.6. The van der Waals surface area contributed by atoms with Crippen LogP contribution in [0.3, 0.4) is 0 Å². The third-order valence-electron chi connectivity index (χ3n) is 3.81. The number of hydrogen-bond acceptors (Lipinski definition) is 5. The molecule has 1 aliphatic rings. The first-order chi connectivity index (χ1) is 9.65. The number of nitrogens with one attached hydrogen (secondary N) is 2. The van der Waals surface area contributed by atoms with E-state index in [-0.39, 0.29) is 5.56 Å². The summed E-state index contributed by atoms with van der Waals surface area (Å²) in [6.07, 6.45) is 2.37. The number of aryl methyl sites for hydroxylation is 2. The molecule has 108 valence electrons. The number of aromatic amines is 1. The lowest BCUT2D eigenvalue weighted by molar-refractivity contribution is 0.0985. The van der Waals surface area contributed by atoms with E-state index in [1.807, 2.05) is 13.8 Å². The Hall–Kier alpha value is -1.24. The molecule has 20 heavy (non-hydrogen) atoms. The molecule has 3 rings (SSSR count). The number of thiophene rings is 1. The highest BCUT2D eigenvalue weighted by Crippen LogP contribution is 2.25. The van der Waals surface area contributed by atoms with Gasteiger partial charge in [0.05, 0.1) is 12.0 Å². The molecule has 0 spiro atoms. The number of hydrogen-bond donors (Lipinski definition) is 2. The monoisotopic (exact) mass is 293 g/mol. The van der Waals surface area contributed by atoms with Crippen LogP contribution < -0.4 is 10.9 Å². The van der Waals surface area contributed by atoms with Gasteiger partial charge in [-0.3, -0.25) is 4.79 Å². The predicted octanol–water partition coefficient (Wildman–Crippen LogP) is 1.87. The molecule has 0 radical (unpaired) electrons. The highest BCUT2D eigenvalue weighted by Gasteiger charge is 2.15. The molecule has 0 aromatic carbocycles. The summed E-state index contributed by atoms with van der Waals surface area (Å²) in [7, 11) is 0. The molecular formula is C14H19N3O2S. The van der Waals surface area contributed by atoms with Crippen molar-refractivity contribution in [2.75, 3.05) is 13.2 Å². The number of rotatable bonds is 4.